The fourth-order valence-corrected chi connectivity index (χ4v) is 9.01. The number of esters is 1. The van der Waals surface area contributed by atoms with Crippen molar-refractivity contribution in [1.29, 1.82) is 0 Å². The van der Waals surface area contributed by atoms with Gasteiger partial charge >= 0.3 is 5.97 Å². The number of rotatable bonds is 4. The zero-order chi connectivity index (χ0) is 23.5. The molecule has 4 aliphatic rings. The summed E-state index contributed by atoms with van der Waals surface area (Å²) in [6, 6.07) is 15.6. The maximum Gasteiger partial charge on any atom is 0.312 e. The summed E-state index contributed by atoms with van der Waals surface area (Å²) < 4.78 is 6.70. The van der Waals surface area contributed by atoms with Crippen LogP contribution in [0.1, 0.15) is 90.5 Å². The smallest absolute Gasteiger partial charge is 0.312 e. The first-order chi connectivity index (χ1) is 16.4. The molecule has 182 valence electrons. The first-order valence-corrected chi connectivity index (χ1v) is 14.1. The molecule has 0 unspecified atom stereocenters. The van der Waals surface area contributed by atoms with E-state index in [-0.39, 0.29) is 22.9 Å². The van der Waals surface area contributed by atoms with Crippen LogP contribution in [0, 0.1) is 35.0 Å². The third kappa shape index (κ3) is 3.38. The Morgan fingerprint density at radius 1 is 0.912 bits per heavy atom. The van der Waals surface area contributed by atoms with Gasteiger partial charge in [0.05, 0.1) is 5.41 Å². The van der Waals surface area contributed by atoms with Crippen LogP contribution in [-0.4, -0.2) is 12.1 Å². The fraction of sp³-hybridized carbons (Fsp3) is 0.656. The van der Waals surface area contributed by atoms with Crippen molar-refractivity contribution in [3.05, 3.63) is 48.0 Å². The second-order valence-corrected chi connectivity index (χ2v) is 12.8. The van der Waals surface area contributed by atoms with Crippen LogP contribution in [0.3, 0.4) is 0 Å². The van der Waals surface area contributed by atoms with Gasteiger partial charge in [-0.15, -0.1) is 0 Å². The first-order valence-electron chi connectivity index (χ1n) is 14.1. The van der Waals surface area contributed by atoms with Gasteiger partial charge in [0, 0.05) is 5.92 Å². The van der Waals surface area contributed by atoms with Crippen LogP contribution in [0.2, 0.25) is 0 Å². The Morgan fingerprint density at radius 2 is 1.68 bits per heavy atom. The van der Waals surface area contributed by atoms with Gasteiger partial charge in [-0.1, -0.05) is 88.9 Å². The van der Waals surface area contributed by atoms with E-state index in [1.807, 2.05) is 0 Å². The Kier molecular flexibility index (Phi) is 5.58. The summed E-state index contributed by atoms with van der Waals surface area (Å²) >= 11 is 0. The van der Waals surface area contributed by atoms with Crippen molar-refractivity contribution in [3.63, 3.8) is 0 Å². The normalized spacial score (nSPS) is 37.5. The zero-order valence-electron chi connectivity index (χ0n) is 21.4. The molecule has 0 radical (unpaired) electrons. The highest BCUT2D eigenvalue weighted by Gasteiger charge is 2.67. The Balaban J connectivity index is 1.28. The molecular weight excluding hydrogens is 416 g/mol. The minimum Gasteiger partial charge on any atom is -0.462 e. The van der Waals surface area contributed by atoms with Gasteiger partial charge in [-0.2, -0.15) is 0 Å². The Labute approximate surface area is 205 Å². The molecule has 0 saturated heterocycles. The number of benzene rings is 2. The maximum absolute atomic E-state index is 14.1. The van der Waals surface area contributed by atoms with Crippen molar-refractivity contribution < 1.29 is 9.53 Å². The van der Waals surface area contributed by atoms with Crippen LogP contribution >= 0.6 is 0 Å². The van der Waals surface area contributed by atoms with E-state index in [1.165, 1.54) is 61.3 Å². The van der Waals surface area contributed by atoms with Gasteiger partial charge in [0.1, 0.15) is 6.10 Å². The molecular formula is C32H42O2. The summed E-state index contributed by atoms with van der Waals surface area (Å²) in [6.07, 6.45) is 12.2. The predicted octanol–water partition coefficient (Wildman–Crippen LogP) is 8.07. The summed E-state index contributed by atoms with van der Waals surface area (Å²) in [5.41, 5.74) is 1.20. The molecule has 0 aliphatic heterocycles. The molecule has 4 fully saturated rings. The number of carbonyl (C=O) groups excluding carboxylic acids is 1. The highest BCUT2D eigenvalue weighted by Crippen LogP contribution is 2.69. The third-order valence-electron chi connectivity index (χ3n) is 10.9. The Morgan fingerprint density at radius 3 is 2.50 bits per heavy atom. The monoisotopic (exact) mass is 458 g/mol. The second kappa shape index (κ2) is 8.38. The molecule has 0 spiro atoms. The molecule has 2 aromatic carbocycles. The Hall–Kier alpha value is -1.83. The second-order valence-electron chi connectivity index (χ2n) is 12.8. The highest BCUT2D eigenvalue weighted by atomic mass is 16.5. The van der Waals surface area contributed by atoms with E-state index in [9.17, 15) is 4.79 Å². The lowest BCUT2D eigenvalue weighted by Crippen LogP contribution is -2.61. The van der Waals surface area contributed by atoms with Crippen molar-refractivity contribution in [3.8, 4) is 0 Å². The van der Waals surface area contributed by atoms with Crippen molar-refractivity contribution in [1.82, 2.24) is 0 Å². The van der Waals surface area contributed by atoms with E-state index in [0.717, 1.165) is 25.2 Å². The lowest BCUT2D eigenvalue weighted by molar-refractivity contribution is -0.207. The Bertz CT molecular complexity index is 1070. The van der Waals surface area contributed by atoms with Gasteiger partial charge in [0.25, 0.3) is 0 Å². The van der Waals surface area contributed by atoms with E-state index >= 15 is 0 Å². The van der Waals surface area contributed by atoms with Gasteiger partial charge < -0.3 is 4.74 Å². The van der Waals surface area contributed by atoms with Crippen LogP contribution in [0.15, 0.2) is 42.5 Å². The van der Waals surface area contributed by atoms with Crippen LogP contribution in [-0.2, 0) is 14.9 Å². The maximum atomic E-state index is 14.1. The predicted molar refractivity (Wildman–Crippen MR) is 139 cm³/mol. The molecule has 7 atom stereocenters. The van der Waals surface area contributed by atoms with Gasteiger partial charge in [-0.05, 0) is 83.9 Å². The molecule has 0 aromatic heterocycles. The molecule has 2 aromatic rings. The summed E-state index contributed by atoms with van der Waals surface area (Å²) in [5.74, 6) is 3.21. The molecule has 34 heavy (non-hydrogen) atoms. The largest absolute Gasteiger partial charge is 0.462 e. The average molecular weight is 459 g/mol. The number of ether oxygens (including phenoxy) is 1. The van der Waals surface area contributed by atoms with Crippen molar-refractivity contribution >= 4 is 16.7 Å². The molecule has 2 heteroatoms. The molecule has 0 amide bonds. The van der Waals surface area contributed by atoms with E-state index in [4.69, 9.17) is 4.74 Å². The van der Waals surface area contributed by atoms with Crippen LogP contribution in [0.5, 0.6) is 0 Å². The van der Waals surface area contributed by atoms with E-state index < -0.39 is 0 Å². The number of fused-ring (bicyclic) bond motifs is 5. The molecule has 0 heterocycles. The molecule has 0 N–H and O–H groups in total. The van der Waals surface area contributed by atoms with Crippen LogP contribution in [0.4, 0.5) is 0 Å². The molecule has 2 nitrogen and oxygen atoms in total. The number of hydrogen-bond acceptors (Lipinski definition) is 2. The van der Waals surface area contributed by atoms with Crippen molar-refractivity contribution in [2.24, 2.45) is 35.0 Å². The lowest BCUT2D eigenvalue weighted by atomic mass is 9.43. The van der Waals surface area contributed by atoms with Crippen molar-refractivity contribution in [2.75, 3.05) is 0 Å². The van der Waals surface area contributed by atoms with Gasteiger partial charge in [-0.25, -0.2) is 0 Å². The summed E-state index contributed by atoms with van der Waals surface area (Å²) in [6.45, 7) is 7.12. The quantitative estimate of drug-likeness (QED) is 0.433. The van der Waals surface area contributed by atoms with Gasteiger partial charge in [-0.3, -0.25) is 4.79 Å². The zero-order valence-corrected chi connectivity index (χ0v) is 21.4. The third-order valence-corrected chi connectivity index (χ3v) is 10.9. The molecule has 4 saturated carbocycles. The fourth-order valence-electron chi connectivity index (χ4n) is 9.01. The van der Waals surface area contributed by atoms with E-state index in [1.54, 1.807) is 0 Å². The van der Waals surface area contributed by atoms with Crippen molar-refractivity contribution in [2.45, 2.75) is 96.5 Å². The van der Waals surface area contributed by atoms with Gasteiger partial charge in [0.2, 0.25) is 0 Å². The summed E-state index contributed by atoms with van der Waals surface area (Å²) in [5, 5.41) is 2.59. The average Bonchev–Trinajstić information content (AvgIpc) is 3.27. The minimum absolute atomic E-state index is 0.0335. The van der Waals surface area contributed by atoms with Gasteiger partial charge in [0.15, 0.2) is 0 Å². The lowest BCUT2D eigenvalue weighted by Gasteiger charge is -2.60. The highest BCUT2D eigenvalue weighted by molar-refractivity contribution is 5.83. The number of carbonyl (C=O) groups is 1. The first kappa shape index (κ1) is 22.6. The van der Waals surface area contributed by atoms with Crippen LogP contribution in [0.25, 0.3) is 10.8 Å². The topological polar surface area (TPSA) is 26.3 Å². The molecule has 4 aliphatic carbocycles. The summed E-state index contributed by atoms with van der Waals surface area (Å²) in [7, 11) is 0. The summed E-state index contributed by atoms with van der Waals surface area (Å²) in [4.78, 5) is 14.1. The molecule has 6 rings (SSSR count). The standard InChI is InChI=1S/C32H42O2/c1-21-14-17-28(31(2,3)24-16-15-22-9-4-5-10-23(22)20-24)29(19-21)34-30(33)32-18-7-6-12-26(32)25-11-8-13-27(25)32/h4-5,9-10,15-16,20-21,25-29H,6-8,11-14,17-19H2,1-3H3/t21-,25-,26-,27+,28-,29-,32-/m1/s1. The van der Waals surface area contributed by atoms with Crippen LogP contribution < -0.4 is 0 Å². The minimum atomic E-state index is -0.141. The number of hydrogen-bond donors (Lipinski definition) is 0. The SMILES string of the molecule is C[C@@H]1CC[C@@H](C(C)(C)c2ccc3ccccc3c2)[C@H](OC(=O)[C@]23CCCC[C@@H]2[C@H]2CCC[C@@H]23)C1. The van der Waals surface area contributed by atoms with E-state index in [2.05, 4.69) is 63.2 Å². The molecule has 0 bridgehead atoms. The van der Waals surface area contributed by atoms with E-state index in [0.29, 0.717) is 23.7 Å².